The molecule has 3 nitrogen and oxygen atoms in total. The van der Waals surface area contributed by atoms with Gasteiger partial charge in [0.15, 0.2) is 0 Å². The number of rotatable bonds is 4. The molecule has 1 saturated carbocycles. The fourth-order valence-electron chi connectivity index (χ4n) is 3.69. The van der Waals surface area contributed by atoms with Crippen LogP contribution in [0.3, 0.4) is 0 Å². The van der Waals surface area contributed by atoms with Crippen molar-refractivity contribution in [2.45, 2.75) is 57.0 Å². The number of hydrogen-bond acceptors (Lipinski definition) is 3. The van der Waals surface area contributed by atoms with Crippen LogP contribution in [0, 0.1) is 5.92 Å². The summed E-state index contributed by atoms with van der Waals surface area (Å²) in [6, 6.07) is 1.11. The lowest BCUT2D eigenvalue weighted by Gasteiger charge is -2.38. The van der Waals surface area contributed by atoms with Crippen molar-refractivity contribution in [3.05, 3.63) is 0 Å². The Morgan fingerprint density at radius 2 is 1.89 bits per heavy atom. The van der Waals surface area contributed by atoms with Crippen LogP contribution in [0.2, 0.25) is 0 Å². The van der Waals surface area contributed by atoms with Crippen LogP contribution < -0.4 is 5.73 Å². The first-order valence-corrected chi connectivity index (χ1v) is 7.81. The lowest BCUT2D eigenvalue weighted by Crippen LogP contribution is -2.50. The summed E-state index contributed by atoms with van der Waals surface area (Å²) in [5.41, 5.74) is 6.44. The topological polar surface area (TPSA) is 32.5 Å². The minimum absolute atomic E-state index is 0.391. The van der Waals surface area contributed by atoms with Crippen LogP contribution in [0.5, 0.6) is 0 Å². The molecule has 2 unspecified atom stereocenters. The van der Waals surface area contributed by atoms with Crippen LogP contribution in [0.15, 0.2) is 0 Å². The van der Waals surface area contributed by atoms with Crippen molar-refractivity contribution in [3.63, 3.8) is 0 Å². The maximum Gasteiger partial charge on any atom is 0.0221 e. The summed E-state index contributed by atoms with van der Waals surface area (Å²) >= 11 is 0. The van der Waals surface area contributed by atoms with Gasteiger partial charge in [-0.15, -0.1) is 0 Å². The Hall–Kier alpha value is -0.120. The lowest BCUT2D eigenvalue weighted by atomic mass is 9.84. The molecule has 1 aliphatic carbocycles. The summed E-state index contributed by atoms with van der Waals surface area (Å²) in [5, 5.41) is 0. The molecule has 0 aromatic carbocycles. The molecule has 18 heavy (non-hydrogen) atoms. The highest BCUT2D eigenvalue weighted by atomic mass is 15.2. The number of hydrogen-bond donors (Lipinski definition) is 1. The van der Waals surface area contributed by atoms with E-state index in [1.165, 1.54) is 58.0 Å². The molecule has 2 fully saturated rings. The van der Waals surface area contributed by atoms with E-state index in [2.05, 4.69) is 23.9 Å². The Labute approximate surface area is 113 Å². The minimum Gasteiger partial charge on any atom is -0.326 e. The Kier molecular flexibility index (Phi) is 5.46. The van der Waals surface area contributed by atoms with Crippen molar-refractivity contribution in [2.24, 2.45) is 11.7 Å². The maximum atomic E-state index is 6.44. The van der Waals surface area contributed by atoms with Crippen LogP contribution in [0.4, 0.5) is 0 Å². The van der Waals surface area contributed by atoms with Gasteiger partial charge in [0.2, 0.25) is 0 Å². The molecule has 3 heteroatoms. The monoisotopic (exact) mass is 253 g/mol. The van der Waals surface area contributed by atoms with Gasteiger partial charge in [0.05, 0.1) is 0 Å². The number of likely N-dealkylation sites (N-methyl/N-ethyl adjacent to an activating group) is 2. The Morgan fingerprint density at radius 1 is 1.17 bits per heavy atom. The van der Waals surface area contributed by atoms with Gasteiger partial charge in [-0.1, -0.05) is 19.3 Å². The third-order valence-corrected chi connectivity index (χ3v) is 4.98. The van der Waals surface area contributed by atoms with Gasteiger partial charge in [0, 0.05) is 25.2 Å². The van der Waals surface area contributed by atoms with Crippen molar-refractivity contribution in [2.75, 3.05) is 33.7 Å². The number of piperidine rings is 1. The van der Waals surface area contributed by atoms with E-state index in [9.17, 15) is 0 Å². The van der Waals surface area contributed by atoms with E-state index in [-0.39, 0.29) is 0 Å². The van der Waals surface area contributed by atoms with Gasteiger partial charge in [-0.25, -0.2) is 0 Å². The van der Waals surface area contributed by atoms with Crippen LogP contribution in [-0.4, -0.2) is 55.6 Å². The van der Waals surface area contributed by atoms with Crippen LogP contribution in [0.1, 0.15) is 44.9 Å². The highest BCUT2D eigenvalue weighted by molar-refractivity contribution is 4.83. The Morgan fingerprint density at radius 3 is 2.56 bits per heavy atom. The summed E-state index contributed by atoms with van der Waals surface area (Å²) in [6.07, 6.45) is 9.62. The summed E-state index contributed by atoms with van der Waals surface area (Å²) in [5.74, 6) is 0.780. The third kappa shape index (κ3) is 3.94. The molecule has 1 heterocycles. The molecule has 1 aliphatic heterocycles. The number of likely N-dealkylation sites (tertiary alicyclic amines) is 1. The van der Waals surface area contributed by atoms with Crippen molar-refractivity contribution in [3.8, 4) is 0 Å². The standard InChI is InChI=1S/C15H31N3/c1-17-10-6-9-14(11-17)18(2)12-15(16)13-7-4-3-5-8-13/h13-15H,3-12,16H2,1-2H3. The first-order valence-electron chi connectivity index (χ1n) is 7.81. The zero-order chi connectivity index (χ0) is 13.0. The second-order valence-corrected chi connectivity index (χ2v) is 6.56. The largest absolute Gasteiger partial charge is 0.326 e. The van der Waals surface area contributed by atoms with E-state index in [1.807, 2.05) is 0 Å². The molecule has 0 aromatic rings. The van der Waals surface area contributed by atoms with E-state index >= 15 is 0 Å². The van der Waals surface area contributed by atoms with E-state index in [4.69, 9.17) is 5.73 Å². The van der Waals surface area contributed by atoms with Gasteiger partial charge in [0.1, 0.15) is 0 Å². The smallest absolute Gasteiger partial charge is 0.0221 e. The lowest BCUT2D eigenvalue weighted by molar-refractivity contribution is 0.118. The fourth-order valence-corrected chi connectivity index (χ4v) is 3.69. The first-order chi connectivity index (χ1) is 8.66. The minimum atomic E-state index is 0.391. The van der Waals surface area contributed by atoms with Crippen molar-refractivity contribution in [1.29, 1.82) is 0 Å². The molecule has 106 valence electrons. The van der Waals surface area contributed by atoms with Gasteiger partial charge in [0.25, 0.3) is 0 Å². The molecule has 2 N–H and O–H groups in total. The molecule has 0 radical (unpaired) electrons. The molecule has 2 aliphatic rings. The maximum absolute atomic E-state index is 6.44. The summed E-state index contributed by atoms with van der Waals surface area (Å²) in [6.45, 7) is 3.57. The molecule has 0 bridgehead atoms. The number of nitrogens with two attached hydrogens (primary N) is 1. The van der Waals surface area contributed by atoms with Gasteiger partial charge in [-0.05, 0) is 52.2 Å². The predicted molar refractivity (Wildman–Crippen MR) is 77.7 cm³/mol. The molecule has 2 rings (SSSR count). The molecule has 0 spiro atoms. The van der Waals surface area contributed by atoms with Crippen molar-refractivity contribution < 1.29 is 0 Å². The van der Waals surface area contributed by atoms with E-state index in [1.54, 1.807) is 0 Å². The van der Waals surface area contributed by atoms with Gasteiger partial charge < -0.3 is 15.5 Å². The second kappa shape index (κ2) is 6.88. The van der Waals surface area contributed by atoms with E-state index in [0.29, 0.717) is 6.04 Å². The van der Waals surface area contributed by atoms with Crippen LogP contribution >= 0.6 is 0 Å². The fraction of sp³-hybridized carbons (Fsp3) is 1.00. The van der Waals surface area contributed by atoms with Crippen LogP contribution in [0.25, 0.3) is 0 Å². The number of nitrogens with zero attached hydrogens (tertiary/aromatic N) is 2. The van der Waals surface area contributed by atoms with Crippen molar-refractivity contribution in [1.82, 2.24) is 9.80 Å². The zero-order valence-corrected chi connectivity index (χ0v) is 12.3. The first kappa shape index (κ1) is 14.3. The second-order valence-electron chi connectivity index (χ2n) is 6.56. The van der Waals surface area contributed by atoms with Gasteiger partial charge in [-0.3, -0.25) is 0 Å². The molecular weight excluding hydrogens is 222 g/mol. The van der Waals surface area contributed by atoms with Crippen molar-refractivity contribution >= 4 is 0 Å². The molecule has 1 saturated heterocycles. The van der Waals surface area contributed by atoms with Crippen LogP contribution in [-0.2, 0) is 0 Å². The average Bonchev–Trinajstić information content (AvgIpc) is 2.39. The normalized spacial score (nSPS) is 29.7. The average molecular weight is 253 g/mol. The van der Waals surface area contributed by atoms with Gasteiger partial charge >= 0.3 is 0 Å². The highest BCUT2D eigenvalue weighted by Crippen LogP contribution is 2.26. The Balaban J connectivity index is 1.76. The Bertz CT molecular complexity index is 238. The molecule has 0 amide bonds. The SMILES string of the molecule is CN1CCCC(N(C)CC(N)C2CCCCC2)C1. The highest BCUT2D eigenvalue weighted by Gasteiger charge is 2.26. The third-order valence-electron chi connectivity index (χ3n) is 4.98. The summed E-state index contributed by atoms with van der Waals surface area (Å²) < 4.78 is 0. The zero-order valence-electron chi connectivity index (χ0n) is 12.3. The molecular formula is C15H31N3. The molecule has 0 aromatic heterocycles. The van der Waals surface area contributed by atoms with E-state index in [0.717, 1.165) is 18.5 Å². The quantitative estimate of drug-likeness (QED) is 0.831. The van der Waals surface area contributed by atoms with Gasteiger partial charge in [-0.2, -0.15) is 0 Å². The summed E-state index contributed by atoms with van der Waals surface area (Å²) in [4.78, 5) is 4.98. The predicted octanol–water partition coefficient (Wildman–Crippen LogP) is 1.92. The summed E-state index contributed by atoms with van der Waals surface area (Å²) in [7, 11) is 4.51. The van der Waals surface area contributed by atoms with E-state index < -0.39 is 0 Å². The molecule has 2 atom stereocenters.